The van der Waals surface area contributed by atoms with Crippen LogP contribution >= 0.6 is 0 Å². The fourth-order valence-electron chi connectivity index (χ4n) is 3.34. The zero-order chi connectivity index (χ0) is 19.4. The van der Waals surface area contributed by atoms with Crippen LogP contribution in [0.15, 0.2) is 36.7 Å². The van der Waals surface area contributed by atoms with Gasteiger partial charge in [0.2, 0.25) is 0 Å². The van der Waals surface area contributed by atoms with Gasteiger partial charge in [0.1, 0.15) is 11.9 Å². The molecule has 0 spiro atoms. The summed E-state index contributed by atoms with van der Waals surface area (Å²) in [6, 6.07) is 6.41. The van der Waals surface area contributed by atoms with Crippen molar-refractivity contribution in [3.05, 3.63) is 48.0 Å². The van der Waals surface area contributed by atoms with Gasteiger partial charge >= 0.3 is 12.0 Å². The van der Waals surface area contributed by atoms with Gasteiger partial charge in [0, 0.05) is 38.2 Å². The smallest absolute Gasteiger partial charge is 0.337 e. The van der Waals surface area contributed by atoms with Gasteiger partial charge in [-0.15, -0.1) is 0 Å². The highest BCUT2D eigenvalue weighted by atomic mass is 16.5. The first-order valence-corrected chi connectivity index (χ1v) is 8.89. The third-order valence-corrected chi connectivity index (χ3v) is 4.93. The molecule has 1 saturated heterocycles. The molecule has 2 amide bonds. The standard InChI is InChI=1S/C19H24N4O4/c1-22-11-8-20-17(22)16(24)13-6-9-23(10-7-13)19(26)21-15-5-3-4-14(12-15)18(25)27-2/h3-5,8,11-13,16,24H,6-7,9-10H2,1-2H3,(H,21,26). The van der Waals surface area contributed by atoms with Crippen molar-refractivity contribution in [2.24, 2.45) is 13.0 Å². The molecular weight excluding hydrogens is 348 g/mol. The topological polar surface area (TPSA) is 96.7 Å². The minimum Gasteiger partial charge on any atom is -0.465 e. The summed E-state index contributed by atoms with van der Waals surface area (Å²) in [6.07, 6.45) is 4.24. The van der Waals surface area contributed by atoms with E-state index >= 15 is 0 Å². The molecule has 3 rings (SSSR count). The van der Waals surface area contributed by atoms with Crippen molar-refractivity contribution in [1.29, 1.82) is 0 Å². The molecule has 2 aromatic rings. The summed E-state index contributed by atoms with van der Waals surface area (Å²) in [4.78, 5) is 30.0. The quantitative estimate of drug-likeness (QED) is 0.802. The second kappa shape index (κ2) is 8.22. The lowest BCUT2D eigenvalue weighted by molar-refractivity contribution is 0.0600. The fourth-order valence-corrected chi connectivity index (χ4v) is 3.34. The first-order chi connectivity index (χ1) is 13.0. The molecule has 1 unspecified atom stereocenters. The number of rotatable bonds is 4. The Morgan fingerprint density at radius 1 is 1.33 bits per heavy atom. The van der Waals surface area contributed by atoms with Gasteiger partial charge in [0.15, 0.2) is 0 Å². The fraction of sp³-hybridized carbons (Fsp3) is 0.421. The number of nitrogens with one attached hydrogen (secondary N) is 1. The lowest BCUT2D eigenvalue weighted by atomic mass is 9.91. The number of aliphatic hydroxyl groups excluding tert-OH is 1. The Kier molecular flexibility index (Phi) is 5.75. The molecule has 0 saturated carbocycles. The van der Waals surface area contributed by atoms with Crippen LogP contribution in [0.1, 0.15) is 35.1 Å². The number of aryl methyl sites for hydroxylation is 1. The van der Waals surface area contributed by atoms with Gasteiger partial charge in [-0.2, -0.15) is 0 Å². The van der Waals surface area contributed by atoms with Gasteiger partial charge in [0.05, 0.1) is 12.7 Å². The number of anilines is 1. The summed E-state index contributed by atoms with van der Waals surface area (Å²) >= 11 is 0. The van der Waals surface area contributed by atoms with E-state index in [9.17, 15) is 14.7 Å². The number of piperidine rings is 1. The molecular formula is C19H24N4O4. The van der Waals surface area contributed by atoms with Crippen LogP contribution in [0.25, 0.3) is 0 Å². The average Bonchev–Trinajstić information content (AvgIpc) is 3.13. The molecule has 1 aromatic heterocycles. The molecule has 1 aliphatic rings. The monoisotopic (exact) mass is 372 g/mol. The van der Waals surface area contributed by atoms with Crippen LogP contribution in [0.5, 0.6) is 0 Å². The van der Waals surface area contributed by atoms with Crippen molar-refractivity contribution < 1.29 is 19.4 Å². The van der Waals surface area contributed by atoms with Crippen molar-refractivity contribution in [2.45, 2.75) is 18.9 Å². The number of amides is 2. The number of aliphatic hydroxyl groups is 1. The second-order valence-corrected chi connectivity index (χ2v) is 6.67. The highest BCUT2D eigenvalue weighted by Gasteiger charge is 2.30. The number of aromatic nitrogens is 2. The van der Waals surface area contributed by atoms with Crippen LogP contribution in [-0.4, -0.2) is 51.8 Å². The number of esters is 1. The molecule has 0 aliphatic carbocycles. The Labute approximate surface area is 157 Å². The number of benzene rings is 1. The van der Waals surface area contributed by atoms with E-state index in [0.717, 1.165) is 0 Å². The number of methoxy groups -OCH3 is 1. The molecule has 2 N–H and O–H groups in total. The van der Waals surface area contributed by atoms with Gasteiger partial charge in [-0.05, 0) is 37.0 Å². The van der Waals surface area contributed by atoms with Gasteiger partial charge in [0.25, 0.3) is 0 Å². The minimum absolute atomic E-state index is 0.0674. The number of nitrogens with zero attached hydrogens (tertiary/aromatic N) is 3. The molecule has 8 heteroatoms. The van der Waals surface area contributed by atoms with E-state index in [2.05, 4.69) is 10.3 Å². The predicted octanol–water partition coefficient (Wildman–Crippen LogP) is 2.18. The number of likely N-dealkylation sites (tertiary alicyclic amines) is 1. The molecule has 1 aliphatic heterocycles. The maximum atomic E-state index is 12.5. The Hall–Kier alpha value is -2.87. The third kappa shape index (κ3) is 4.28. The van der Waals surface area contributed by atoms with E-state index < -0.39 is 12.1 Å². The van der Waals surface area contributed by atoms with E-state index in [4.69, 9.17) is 4.74 Å². The molecule has 1 fully saturated rings. The first kappa shape index (κ1) is 18.9. The zero-order valence-electron chi connectivity index (χ0n) is 15.5. The maximum Gasteiger partial charge on any atom is 0.337 e. The summed E-state index contributed by atoms with van der Waals surface area (Å²) in [6.45, 7) is 1.10. The van der Waals surface area contributed by atoms with Gasteiger partial charge in [-0.3, -0.25) is 0 Å². The van der Waals surface area contributed by atoms with Crippen molar-refractivity contribution in [1.82, 2.24) is 14.5 Å². The molecule has 0 bridgehead atoms. The number of hydrogen-bond donors (Lipinski definition) is 2. The molecule has 8 nitrogen and oxygen atoms in total. The number of carbonyl (C=O) groups excluding carboxylic acids is 2. The van der Waals surface area contributed by atoms with Gasteiger partial charge in [-0.1, -0.05) is 6.07 Å². The summed E-state index contributed by atoms with van der Waals surface area (Å²) in [5.41, 5.74) is 0.922. The number of urea groups is 1. The maximum absolute atomic E-state index is 12.5. The molecule has 2 heterocycles. The largest absolute Gasteiger partial charge is 0.465 e. The highest BCUT2D eigenvalue weighted by molar-refractivity contribution is 5.93. The molecule has 0 radical (unpaired) electrons. The first-order valence-electron chi connectivity index (χ1n) is 8.89. The Morgan fingerprint density at radius 3 is 2.70 bits per heavy atom. The summed E-state index contributed by atoms with van der Waals surface area (Å²) in [7, 11) is 3.17. The normalized spacial score (nSPS) is 16.0. The lowest BCUT2D eigenvalue weighted by Crippen LogP contribution is -2.42. The average molecular weight is 372 g/mol. The second-order valence-electron chi connectivity index (χ2n) is 6.67. The van der Waals surface area contributed by atoms with Crippen LogP contribution in [0.3, 0.4) is 0 Å². The molecule has 144 valence electrons. The third-order valence-electron chi connectivity index (χ3n) is 4.93. The summed E-state index contributed by atoms with van der Waals surface area (Å²) < 4.78 is 6.51. The minimum atomic E-state index is -0.632. The van der Waals surface area contributed by atoms with Crippen LogP contribution in [-0.2, 0) is 11.8 Å². The van der Waals surface area contributed by atoms with E-state index in [1.807, 2.05) is 17.8 Å². The van der Waals surface area contributed by atoms with Crippen LogP contribution in [0, 0.1) is 5.92 Å². The van der Waals surface area contributed by atoms with Crippen molar-refractivity contribution in [3.8, 4) is 0 Å². The summed E-state index contributed by atoms with van der Waals surface area (Å²) in [5.74, 6) is 0.269. The molecule has 27 heavy (non-hydrogen) atoms. The van der Waals surface area contributed by atoms with Crippen LogP contribution in [0.4, 0.5) is 10.5 Å². The van der Waals surface area contributed by atoms with Crippen LogP contribution < -0.4 is 5.32 Å². The number of ether oxygens (including phenoxy) is 1. The summed E-state index contributed by atoms with van der Waals surface area (Å²) in [5, 5.41) is 13.3. The van der Waals surface area contributed by atoms with Gasteiger partial charge in [-0.25, -0.2) is 14.6 Å². The Balaban J connectivity index is 1.56. The van der Waals surface area contributed by atoms with Crippen molar-refractivity contribution in [3.63, 3.8) is 0 Å². The van der Waals surface area contributed by atoms with E-state index in [0.29, 0.717) is 43.0 Å². The van der Waals surface area contributed by atoms with Crippen molar-refractivity contribution >= 4 is 17.7 Å². The lowest BCUT2D eigenvalue weighted by Gasteiger charge is -2.34. The predicted molar refractivity (Wildman–Crippen MR) is 99.3 cm³/mol. The van der Waals surface area contributed by atoms with Crippen molar-refractivity contribution in [2.75, 3.05) is 25.5 Å². The highest BCUT2D eigenvalue weighted by Crippen LogP contribution is 2.30. The number of carbonyl (C=O) groups is 2. The molecule has 1 atom stereocenters. The number of imidazole rings is 1. The van der Waals surface area contributed by atoms with E-state index in [1.54, 1.807) is 35.4 Å². The van der Waals surface area contributed by atoms with Gasteiger partial charge < -0.3 is 24.6 Å². The number of hydrogen-bond acceptors (Lipinski definition) is 5. The SMILES string of the molecule is COC(=O)c1cccc(NC(=O)N2CCC(C(O)c3nccn3C)CC2)c1. The molecule has 1 aromatic carbocycles. The Morgan fingerprint density at radius 2 is 2.07 bits per heavy atom. The van der Waals surface area contributed by atoms with Crippen LogP contribution in [0.2, 0.25) is 0 Å². The van der Waals surface area contributed by atoms with E-state index in [1.165, 1.54) is 7.11 Å². The van der Waals surface area contributed by atoms with E-state index in [-0.39, 0.29) is 11.9 Å². The Bertz CT molecular complexity index is 812. The zero-order valence-corrected chi connectivity index (χ0v) is 15.5.